The molecule has 0 radical (unpaired) electrons. The van der Waals surface area contributed by atoms with Crippen LogP contribution in [0.3, 0.4) is 0 Å². The molecule has 0 atom stereocenters. The maximum atomic E-state index is 5.19. The summed E-state index contributed by atoms with van der Waals surface area (Å²) >= 11 is 0. The van der Waals surface area contributed by atoms with E-state index in [0.29, 0.717) is 5.88 Å². The van der Waals surface area contributed by atoms with Crippen molar-refractivity contribution in [2.24, 2.45) is 0 Å². The summed E-state index contributed by atoms with van der Waals surface area (Å²) in [4.78, 5) is 13.3. The minimum Gasteiger partial charge on any atom is -0.481 e. The smallest absolute Gasteiger partial charge is 0.218 e. The molecule has 0 spiro atoms. The molecule has 1 aromatic heterocycles. The first-order chi connectivity index (χ1) is 11.8. The number of nitrogens with zero attached hydrogens (tertiary/aromatic N) is 4. The van der Waals surface area contributed by atoms with Crippen molar-refractivity contribution in [3.05, 3.63) is 41.7 Å². The number of hydrogen-bond donors (Lipinski definition) is 1. The van der Waals surface area contributed by atoms with Crippen molar-refractivity contribution < 1.29 is 4.74 Å². The average Bonchev–Trinajstić information content (AvgIpc) is 3.12. The van der Waals surface area contributed by atoms with Gasteiger partial charge in [-0.05, 0) is 17.5 Å². The molecule has 2 aliphatic rings. The number of piperazine rings is 1. The molecule has 4 rings (SSSR count). The Morgan fingerprint density at radius 3 is 2.80 bits per heavy atom. The van der Waals surface area contributed by atoms with Crippen LogP contribution in [-0.4, -0.2) is 54.7 Å². The van der Waals surface area contributed by atoms with Crippen molar-refractivity contribution in [1.29, 1.82) is 0 Å². The standard InChI is InChI=1S/C18H23N5O.ClH/c1-24-17-11-16(20-13-21-17)23-9-7-22(8-10-23)12-15-4-2-3-14-5-6-19-18(14)15;/h2-4,11,13,19H,5-10,12H2,1H3;1H. The molecule has 134 valence electrons. The van der Waals surface area contributed by atoms with Crippen LogP contribution in [0, 0.1) is 0 Å². The number of nitrogens with one attached hydrogen (secondary N) is 1. The second-order valence-corrected chi connectivity index (χ2v) is 6.31. The van der Waals surface area contributed by atoms with Crippen molar-refractivity contribution >= 4 is 23.9 Å². The van der Waals surface area contributed by atoms with Crippen LogP contribution in [0.5, 0.6) is 5.88 Å². The van der Waals surface area contributed by atoms with Crippen molar-refractivity contribution in [1.82, 2.24) is 14.9 Å². The molecule has 1 saturated heterocycles. The summed E-state index contributed by atoms with van der Waals surface area (Å²) in [5.74, 6) is 1.57. The Labute approximate surface area is 154 Å². The highest BCUT2D eigenvalue weighted by Gasteiger charge is 2.21. The van der Waals surface area contributed by atoms with E-state index in [0.717, 1.165) is 51.5 Å². The van der Waals surface area contributed by atoms with Gasteiger partial charge < -0.3 is 15.0 Å². The van der Waals surface area contributed by atoms with Gasteiger partial charge in [-0.3, -0.25) is 4.90 Å². The van der Waals surface area contributed by atoms with Crippen molar-refractivity contribution in [3.63, 3.8) is 0 Å². The molecular formula is C18H24ClN5O. The van der Waals surface area contributed by atoms with E-state index in [2.05, 4.69) is 43.3 Å². The number of para-hydroxylation sites is 1. The minimum atomic E-state index is 0. The molecule has 1 fully saturated rings. The molecule has 6 nitrogen and oxygen atoms in total. The third kappa shape index (κ3) is 3.80. The zero-order chi connectivity index (χ0) is 16.4. The highest BCUT2D eigenvalue weighted by molar-refractivity contribution is 5.85. The van der Waals surface area contributed by atoms with Crippen LogP contribution in [0.2, 0.25) is 0 Å². The minimum absolute atomic E-state index is 0. The van der Waals surface area contributed by atoms with Gasteiger partial charge in [0.1, 0.15) is 12.1 Å². The van der Waals surface area contributed by atoms with Crippen LogP contribution < -0.4 is 15.0 Å². The fourth-order valence-electron chi connectivity index (χ4n) is 3.53. The monoisotopic (exact) mass is 361 g/mol. The molecule has 2 aliphatic heterocycles. The first-order valence-electron chi connectivity index (χ1n) is 8.51. The van der Waals surface area contributed by atoms with Gasteiger partial charge in [-0.25, -0.2) is 9.97 Å². The third-order valence-electron chi connectivity index (χ3n) is 4.86. The number of halogens is 1. The number of methoxy groups -OCH3 is 1. The Morgan fingerprint density at radius 1 is 1.16 bits per heavy atom. The van der Waals surface area contributed by atoms with E-state index in [4.69, 9.17) is 4.74 Å². The van der Waals surface area contributed by atoms with Gasteiger partial charge in [0.25, 0.3) is 0 Å². The molecule has 3 heterocycles. The number of fused-ring (bicyclic) bond motifs is 1. The number of rotatable bonds is 4. The van der Waals surface area contributed by atoms with Gasteiger partial charge in [0.05, 0.1) is 7.11 Å². The predicted octanol–water partition coefficient (Wildman–Crippen LogP) is 2.20. The van der Waals surface area contributed by atoms with Crippen molar-refractivity contribution in [2.45, 2.75) is 13.0 Å². The second kappa shape index (κ2) is 7.89. The van der Waals surface area contributed by atoms with Crippen LogP contribution in [0.25, 0.3) is 0 Å². The summed E-state index contributed by atoms with van der Waals surface area (Å²) in [7, 11) is 1.64. The Morgan fingerprint density at radius 2 is 2.00 bits per heavy atom. The zero-order valence-electron chi connectivity index (χ0n) is 14.4. The highest BCUT2D eigenvalue weighted by atomic mass is 35.5. The molecule has 2 aromatic rings. The molecule has 0 aliphatic carbocycles. The molecule has 0 amide bonds. The normalized spacial score (nSPS) is 16.8. The summed E-state index contributed by atoms with van der Waals surface area (Å²) in [6.07, 6.45) is 2.71. The van der Waals surface area contributed by atoms with Crippen LogP contribution >= 0.6 is 12.4 Å². The number of ether oxygens (including phenoxy) is 1. The van der Waals surface area contributed by atoms with Crippen LogP contribution in [0.15, 0.2) is 30.6 Å². The van der Waals surface area contributed by atoms with Gasteiger partial charge >= 0.3 is 0 Å². The van der Waals surface area contributed by atoms with E-state index in [1.807, 2.05) is 6.07 Å². The predicted molar refractivity (Wildman–Crippen MR) is 102 cm³/mol. The SMILES string of the molecule is COc1cc(N2CCN(Cc3cccc4c3NCC4)CC2)ncn1.Cl. The van der Waals surface area contributed by atoms with E-state index in [-0.39, 0.29) is 12.4 Å². The van der Waals surface area contributed by atoms with Gasteiger partial charge in [-0.1, -0.05) is 18.2 Å². The lowest BCUT2D eigenvalue weighted by atomic mass is 10.1. The van der Waals surface area contributed by atoms with Gasteiger partial charge in [0.15, 0.2) is 0 Å². The van der Waals surface area contributed by atoms with E-state index in [9.17, 15) is 0 Å². The third-order valence-corrected chi connectivity index (χ3v) is 4.86. The maximum absolute atomic E-state index is 5.19. The molecular weight excluding hydrogens is 338 g/mol. The van der Waals surface area contributed by atoms with E-state index in [1.165, 1.54) is 16.8 Å². The number of hydrogen-bond acceptors (Lipinski definition) is 6. The van der Waals surface area contributed by atoms with E-state index < -0.39 is 0 Å². The fraction of sp³-hybridized carbons (Fsp3) is 0.444. The Balaban J connectivity index is 0.00000182. The molecule has 1 aromatic carbocycles. The molecule has 0 saturated carbocycles. The summed E-state index contributed by atoms with van der Waals surface area (Å²) in [5, 5.41) is 3.54. The summed E-state index contributed by atoms with van der Waals surface area (Å²) in [6, 6.07) is 8.58. The lowest BCUT2D eigenvalue weighted by Gasteiger charge is -2.35. The Bertz CT molecular complexity index is 718. The van der Waals surface area contributed by atoms with Gasteiger partial charge in [0, 0.05) is 51.0 Å². The summed E-state index contributed by atoms with van der Waals surface area (Å²) < 4.78 is 5.19. The molecule has 25 heavy (non-hydrogen) atoms. The number of benzene rings is 1. The molecule has 7 heteroatoms. The second-order valence-electron chi connectivity index (χ2n) is 6.31. The number of anilines is 2. The summed E-state index contributed by atoms with van der Waals surface area (Å²) in [5.41, 5.74) is 4.24. The van der Waals surface area contributed by atoms with Gasteiger partial charge in [0.2, 0.25) is 5.88 Å². The molecule has 1 N–H and O–H groups in total. The van der Waals surface area contributed by atoms with Crippen LogP contribution in [0.4, 0.5) is 11.5 Å². The summed E-state index contributed by atoms with van der Waals surface area (Å²) in [6.45, 7) is 6.10. The molecule has 0 bridgehead atoms. The fourth-order valence-corrected chi connectivity index (χ4v) is 3.53. The Hall–Kier alpha value is -2.05. The largest absolute Gasteiger partial charge is 0.481 e. The lowest BCUT2D eigenvalue weighted by Crippen LogP contribution is -2.46. The molecule has 0 unspecified atom stereocenters. The number of aromatic nitrogens is 2. The first-order valence-corrected chi connectivity index (χ1v) is 8.51. The first kappa shape index (κ1) is 17.8. The lowest BCUT2D eigenvalue weighted by molar-refractivity contribution is 0.249. The average molecular weight is 362 g/mol. The maximum Gasteiger partial charge on any atom is 0.218 e. The van der Waals surface area contributed by atoms with Crippen molar-refractivity contribution in [3.8, 4) is 5.88 Å². The zero-order valence-corrected chi connectivity index (χ0v) is 15.3. The van der Waals surface area contributed by atoms with Gasteiger partial charge in [-0.15, -0.1) is 12.4 Å². The van der Waals surface area contributed by atoms with Crippen molar-refractivity contribution in [2.75, 3.05) is 50.1 Å². The topological polar surface area (TPSA) is 53.5 Å². The van der Waals surface area contributed by atoms with E-state index >= 15 is 0 Å². The van der Waals surface area contributed by atoms with E-state index in [1.54, 1.807) is 13.4 Å². The van der Waals surface area contributed by atoms with Crippen LogP contribution in [0.1, 0.15) is 11.1 Å². The highest BCUT2D eigenvalue weighted by Crippen LogP contribution is 2.28. The Kier molecular flexibility index (Phi) is 5.60. The van der Waals surface area contributed by atoms with Gasteiger partial charge in [-0.2, -0.15) is 0 Å². The van der Waals surface area contributed by atoms with Crippen LogP contribution in [-0.2, 0) is 13.0 Å². The quantitative estimate of drug-likeness (QED) is 0.901.